The molecule has 0 aliphatic rings. The summed E-state index contributed by atoms with van der Waals surface area (Å²) < 4.78 is 1.05. The van der Waals surface area contributed by atoms with Crippen LogP contribution in [0.25, 0.3) is 0 Å². The predicted octanol–water partition coefficient (Wildman–Crippen LogP) is 3.02. The second-order valence-electron chi connectivity index (χ2n) is 4.05. The monoisotopic (exact) mass is 354 g/mol. The van der Waals surface area contributed by atoms with Crippen molar-refractivity contribution < 1.29 is 5.11 Å². The highest BCUT2D eigenvalue weighted by Crippen LogP contribution is 2.22. The van der Waals surface area contributed by atoms with Crippen molar-refractivity contribution in [2.45, 2.75) is 6.10 Å². The lowest BCUT2D eigenvalue weighted by Crippen LogP contribution is -2.12. The van der Waals surface area contributed by atoms with Gasteiger partial charge in [-0.05, 0) is 46.4 Å². The summed E-state index contributed by atoms with van der Waals surface area (Å²) >= 11 is 2.22. The largest absolute Gasteiger partial charge is 0.399 e. The van der Waals surface area contributed by atoms with E-state index in [2.05, 4.69) is 27.9 Å². The maximum absolute atomic E-state index is 10.0. The summed E-state index contributed by atoms with van der Waals surface area (Å²) in [6, 6.07) is 15.3. The van der Waals surface area contributed by atoms with Crippen molar-refractivity contribution in [1.82, 2.24) is 0 Å². The Morgan fingerprint density at radius 3 is 2.56 bits per heavy atom. The SMILES string of the molecule is Nc1ccc(NCC(O)c2ccccc2)c(I)c1. The maximum atomic E-state index is 10.0. The first-order valence-electron chi connectivity index (χ1n) is 5.69. The molecule has 0 spiro atoms. The Hall–Kier alpha value is -1.27. The van der Waals surface area contributed by atoms with Gasteiger partial charge in [0.2, 0.25) is 0 Å². The minimum absolute atomic E-state index is 0.476. The Bertz CT molecular complexity index is 516. The molecule has 1 atom stereocenters. The minimum atomic E-state index is -0.514. The molecule has 4 heteroatoms. The number of anilines is 2. The third-order valence-electron chi connectivity index (χ3n) is 2.66. The number of hydrogen-bond donors (Lipinski definition) is 3. The van der Waals surface area contributed by atoms with Gasteiger partial charge < -0.3 is 16.2 Å². The van der Waals surface area contributed by atoms with Gasteiger partial charge in [0.15, 0.2) is 0 Å². The van der Waals surface area contributed by atoms with Gasteiger partial charge in [-0.25, -0.2) is 0 Å². The third kappa shape index (κ3) is 3.36. The van der Waals surface area contributed by atoms with Crippen LogP contribution in [0.5, 0.6) is 0 Å². The number of nitrogens with two attached hydrogens (primary N) is 1. The molecule has 3 nitrogen and oxygen atoms in total. The van der Waals surface area contributed by atoms with E-state index in [9.17, 15) is 5.11 Å². The fraction of sp³-hybridized carbons (Fsp3) is 0.143. The molecule has 18 heavy (non-hydrogen) atoms. The number of halogens is 1. The van der Waals surface area contributed by atoms with Crippen LogP contribution >= 0.6 is 22.6 Å². The van der Waals surface area contributed by atoms with Crippen LogP contribution in [0.2, 0.25) is 0 Å². The molecule has 0 bridgehead atoms. The second kappa shape index (κ2) is 6.06. The number of aliphatic hydroxyl groups is 1. The zero-order chi connectivity index (χ0) is 13.0. The van der Waals surface area contributed by atoms with Gasteiger partial charge in [0.05, 0.1) is 6.10 Å². The topological polar surface area (TPSA) is 58.3 Å². The first-order valence-corrected chi connectivity index (χ1v) is 6.76. The van der Waals surface area contributed by atoms with Crippen LogP contribution in [0.1, 0.15) is 11.7 Å². The average molecular weight is 354 g/mol. The van der Waals surface area contributed by atoms with Crippen LogP contribution in [-0.4, -0.2) is 11.7 Å². The Labute approximate surface area is 120 Å². The molecular formula is C14H15IN2O. The van der Waals surface area contributed by atoms with E-state index in [0.717, 1.165) is 20.5 Å². The molecule has 0 amide bonds. The van der Waals surface area contributed by atoms with Crippen molar-refractivity contribution in [3.05, 3.63) is 57.7 Å². The number of rotatable bonds is 4. The van der Waals surface area contributed by atoms with Gasteiger partial charge in [-0.2, -0.15) is 0 Å². The number of benzene rings is 2. The molecule has 2 aromatic carbocycles. The van der Waals surface area contributed by atoms with Crippen LogP contribution in [0.3, 0.4) is 0 Å². The molecule has 0 radical (unpaired) electrons. The van der Waals surface area contributed by atoms with E-state index in [1.54, 1.807) is 0 Å². The number of aliphatic hydroxyl groups excluding tert-OH is 1. The Morgan fingerprint density at radius 1 is 1.17 bits per heavy atom. The molecule has 4 N–H and O–H groups in total. The fourth-order valence-electron chi connectivity index (χ4n) is 1.67. The quantitative estimate of drug-likeness (QED) is 0.584. The van der Waals surface area contributed by atoms with Crippen LogP contribution < -0.4 is 11.1 Å². The van der Waals surface area contributed by atoms with Crippen molar-refractivity contribution in [3.63, 3.8) is 0 Å². The van der Waals surface area contributed by atoms with Gasteiger partial charge in [0.25, 0.3) is 0 Å². The summed E-state index contributed by atoms with van der Waals surface area (Å²) in [6.07, 6.45) is -0.514. The zero-order valence-electron chi connectivity index (χ0n) is 9.81. The highest BCUT2D eigenvalue weighted by molar-refractivity contribution is 14.1. The lowest BCUT2D eigenvalue weighted by Gasteiger charge is -2.14. The number of hydrogen-bond acceptors (Lipinski definition) is 3. The summed E-state index contributed by atoms with van der Waals surface area (Å²) in [5.41, 5.74) is 8.33. The van der Waals surface area contributed by atoms with Crippen molar-refractivity contribution in [2.24, 2.45) is 0 Å². The van der Waals surface area contributed by atoms with E-state index < -0.39 is 6.10 Å². The first-order chi connectivity index (χ1) is 8.66. The van der Waals surface area contributed by atoms with E-state index in [-0.39, 0.29) is 0 Å². The summed E-state index contributed by atoms with van der Waals surface area (Å²) in [5, 5.41) is 13.3. The van der Waals surface area contributed by atoms with Gasteiger partial charge in [-0.3, -0.25) is 0 Å². The van der Waals surface area contributed by atoms with Gasteiger partial charge >= 0.3 is 0 Å². The molecule has 0 saturated heterocycles. The van der Waals surface area contributed by atoms with Crippen molar-refractivity contribution >= 4 is 34.0 Å². The summed E-state index contributed by atoms with van der Waals surface area (Å²) in [5.74, 6) is 0. The summed E-state index contributed by atoms with van der Waals surface area (Å²) in [6.45, 7) is 0.476. The number of nitrogens with one attached hydrogen (secondary N) is 1. The molecule has 0 heterocycles. The van der Waals surface area contributed by atoms with E-state index in [1.165, 1.54) is 0 Å². The lowest BCUT2D eigenvalue weighted by atomic mass is 10.1. The molecule has 94 valence electrons. The smallest absolute Gasteiger partial charge is 0.0962 e. The van der Waals surface area contributed by atoms with E-state index >= 15 is 0 Å². The first kappa shape index (κ1) is 13.2. The normalized spacial score (nSPS) is 12.1. The van der Waals surface area contributed by atoms with Crippen LogP contribution in [-0.2, 0) is 0 Å². The Balaban J connectivity index is 1.99. The van der Waals surface area contributed by atoms with E-state index in [4.69, 9.17) is 5.73 Å². The Kier molecular flexibility index (Phi) is 4.43. The molecule has 0 aliphatic carbocycles. The van der Waals surface area contributed by atoms with Gasteiger partial charge in [0.1, 0.15) is 0 Å². The minimum Gasteiger partial charge on any atom is -0.399 e. The molecule has 0 saturated carbocycles. The maximum Gasteiger partial charge on any atom is 0.0962 e. The lowest BCUT2D eigenvalue weighted by molar-refractivity contribution is 0.191. The molecule has 0 aromatic heterocycles. The van der Waals surface area contributed by atoms with Gasteiger partial charge in [-0.1, -0.05) is 30.3 Å². The van der Waals surface area contributed by atoms with Crippen LogP contribution in [0, 0.1) is 3.57 Å². The zero-order valence-corrected chi connectivity index (χ0v) is 12.0. The third-order valence-corrected chi connectivity index (χ3v) is 3.56. The molecule has 0 fully saturated rings. The molecule has 2 aromatic rings. The van der Waals surface area contributed by atoms with E-state index in [1.807, 2.05) is 48.5 Å². The standard InChI is InChI=1S/C14H15IN2O/c15-12-8-11(16)6-7-13(12)17-9-14(18)10-4-2-1-3-5-10/h1-8,14,17-18H,9,16H2. The Morgan fingerprint density at radius 2 is 1.89 bits per heavy atom. The highest BCUT2D eigenvalue weighted by atomic mass is 127. The number of nitrogen functional groups attached to an aromatic ring is 1. The van der Waals surface area contributed by atoms with E-state index in [0.29, 0.717) is 6.54 Å². The predicted molar refractivity (Wildman–Crippen MR) is 83.5 cm³/mol. The summed E-state index contributed by atoms with van der Waals surface area (Å²) in [4.78, 5) is 0. The highest BCUT2D eigenvalue weighted by Gasteiger charge is 2.07. The summed E-state index contributed by atoms with van der Waals surface area (Å²) in [7, 11) is 0. The molecule has 2 rings (SSSR count). The average Bonchev–Trinajstić information content (AvgIpc) is 2.38. The van der Waals surface area contributed by atoms with Crippen LogP contribution in [0.4, 0.5) is 11.4 Å². The fourth-order valence-corrected chi connectivity index (χ4v) is 2.40. The molecular weight excluding hydrogens is 339 g/mol. The second-order valence-corrected chi connectivity index (χ2v) is 5.21. The van der Waals surface area contributed by atoms with Gasteiger partial charge in [-0.15, -0.1) is 0 Å². The molecule has 1 unspecified atom stereocenters. The molecule has 0 aliphatic heterocycles. The van der Waals surface area contributed by atoms with Gasteiger partial charge in [0, 0.05) is 21.5 Å². The van der Waals surface area contributed by atoms with Crippen LogP contribution in [0.15, 0.2) is 48.5 Å². The van der Waals surface area contributed by atoms with Crippen molar-refractivity contribution in [1.29, 1.82) is 0 Å². The van der Waals surface area contributed by atoms with Crippen molar-refractivity contribution in [3.8, 4) is 0 Å². The van der Waals surface area contributed by atoms with Crippen molar-refractivity contribution in [2.75, 3.05) is 17.6 Å².